The molecule has 7 heteroatoms. The van der Waals surface area contributed by atoms with Gasteiger partial charge in [-0.25, -0.2) is 8.42 Å². The first-order valence-electron chi connectivity index (χ1n) is 6.99. The summed E-state index contributed by atoms with van der Waals surface area (Å²) < 4.78 is 25.9. The van der Waals surface area contributed by atoms with Crippen LogP contribution in [0, 0.1) is 0 Å². The molecule has 2 aromatic heterocycles. The molecule has 0 saturated carbocycles. The third-order valence-corrected chi connectivity index (χ3v) is 6.70. The first-order chi connectivity index (χ1) is 10.6. The highest BCUT2D eigenvalue weighted by atomic mass is 32.2. The minimum atomic E-state index is -3.56. The average Bonchev–Trinajstić information content (AvgIpc) is 3.03. The fraction of sp³-hybridized carbons (Fsp3) is 0.333. The van der Waals surface area contributed by atoms with Crippen molar-refractivity contribution in [3.05, 3.63) is 47.6 Å². The maximum Gasteiger partial charge on any atom is 0.220 e. The fourth-order valence-corrected chi connectivity index (χ4v) is 4.91. The van der Waals surface area contributed by atoms with Crippen LogP contribution in [0.3, 0.4) is 0 Å². The second-order valence-corrected chi connectivity index (χ2v) is 8.11. The average molecular weight is 338 g/mol. The summed E-state index contributed by atoms with van der Waals surface area (Å²) >= 11 is 1.18. The maximum absolute atomic E-state index is 12.8. The van der Waals surface area contributed by atoms with Crippen molar-refractivity contribution in [1.29, 1.82) is 0 Å². The van der Waals surface area contributed by atoms with Gasteiger partial charge in [0, 0.05) is 25.4 Å². The van der Waals surface area contributed by atoms with Gasteiger partial charge < -0.3 is 5.32 Å². The molecule has 0 aromatic carbocycles. The molecule has 0 bridgehead atoms. The number of nitrogens with one attached hydrogen (secondary N) is 1. The Morgan fingerprint density at radius 3 is 2.77 bits per heavy atom. The van der Waals surface area contributed by atoms with Crippen LogP contribution in [0.2, 0.25) is 0 Å². The lowest BCUT2D eigenvalue weighted by Gasteiger charge is -2.17. The summed E-state index contributed by atoms with van der Waals surface area (Å²) in [6.45, 7) is 1.95. The Labute approximate surface area is 134 Å². The van der Waals surface area contributed by atoms with E-state index in [0.29, 0.717) is 16.2 Å². The molecule has 5 nitrogen and oxygen atoms in total. The normalized spacial score (nSPS) is 12.8. The summed E-state index contributed by atoms with van der Waals surface area (Å²) in [5, 5.41) is 3.60. The van der Waals surface area contributed by atoms with Gasteiger partial charge in [-0.15, -0.1) is 11.3 Å². The Bertz CT molecular complexity index is 698. The predicted octanol–water partition coefficient (Wildman–Crippen LogP) is 2.57. The van der Waals surface area contributed by atoms with Crippen LogP contribution >= 0.6 is 11.3 Å². The van der Waals surface area contributed by atoms with E-state index in [4.69, 9.17) is 0 Å². The topological polar surface area (TPSA) is 76.1 Å². The minimum Gasteiger partial charge on any atom is -0.354 e. The van der Waals surface area contributed by atoms with E-state index in [1.54, 1.807) is 35.8 Å². The first kappa shape index (κ1) is 16.6. The molecule has 0 spiro atoms. The number of nitrogens with zero attached hydrogens (tertiary/aromatic N) is 1. The first-order valence-corrected chi connectivity index (χ1v) is 9.42. The van der Waals surface area contributed by atoms with E-state index in [0.717, 1.165) is 6.42 Å². The molecule has 0 aliphatic rings. The molecule has 118 valence electrons. The van der Waals surface area contributed by atoms with Gasteiger partial charge in [0.15, 0.2) is 9.84 Å². The third-order valence-electron chi connectivity index (χ3n) is 3.17. The van der Waals surface area contributed by atoms with Crippen LogP contribution in [-0.4, -0.2) is 25.9 Å². The maximum atomic E-state index is 12.8. The minimum absolute atomic E-state index is 0.0464. The van der Waals surface area contributed by atoms with E-state index < -0.39 is 15.1 Å². The molecular formula is C15H18N2O3S2. The lowest BCUT2D eigenvalue weighted by molar-refractivity contribution is -0.121. The van der Waals surface area contributed by atoms with Gasteiger partial charge in [0.1, 0.15) is 9.46 Å². The van der Waals surface area contributed by atoms with Crippen LogP contribution in [0.15, 0.2) is 46.2 Å². The van der Waals surface area contributed by atoms with E-state index in [2.05, 4.69) is 10.3 Å². The van der Waals surface area contributed by atoms with Gasteiger partial charge >= 0.3 is 0 Å². The molecule has 2 heterocycles. The Kier molecular flexibility index (Phi) is 5.68. The lowest BCUT2D eigenvalue weighted by atomic mass is 10.2. The Balaban J connectivity index is 2.28. The van der Waals surface area contributed by atoms with Crippen molar-refractivity contribution in [3.63, 3.8) is 0 Å². The van der Waals surface area contributed by atoms with Crippen LogP contribution in [0.4, 0.5) is 0 Å². The molecule has 0 radical (unpaired) electrons. The smallest absolute Gasteiger partial charge is 0.220 e. The fourth-order valence-electron chi connectivity index (χ4n) is 2.06. The number of hydrogen-bond acceptors (Lipinski definition) is 5. The molecule has 0 fully saturated rings. The molecule has 0 aliphatic carbocycles. The number of thiophene rings is 1. The summed E-state index contributed by atoms with van der Waals surface area (Å²) in [6.07, 6.45) is 4.23. The summed E-state index contributed by atoms with van der Waals surface area (Å²) in [7, 11) is -3.56. The van der Waals surface area contributed by atoms with Gasteiger partial charge in [0.25, 0.3) is 0 Å². The van der Waals surface area contributed by atoms with Crippen LogP contribution < -0.4 is 5.32 Å². The second-order valence-electron chi connectivity index (χ2n) is 4.81. The van der Waals surface area contributed by atoms with Crippen molar-refractivity contribution in [2.24, 2.45) is 0 Å². The molecule has 0 unspecified atom stereocenters. The van der Waals surface area contributed by atoms with Crippen LogP contribution in [0.25, 0.3) is 0 Å². The highest BCUT2D eigenvalue weighted by Crippen LogP contribution is 2.30. The van der Waals surface area contributed by atoms with Gasteiger partial charge in [-0.1, -0.05) is 19.1 Å². The van der Waals surface area contributed by atoms with E-state index >= 15 is 0 Å². The quantitative estimate of drug-likeness (QED) is 0.842. The van der Waals surface area contributed by atoms with Crippen molar-refractivity contribution < 1.29 is 13.2 Å². The third kappa shape index (κ3) is 3.92. The zero-order chi connectivity index (χ0) is 16.0. The number of hydrogen-bond donors (Lipinski definition) is 1. The lowest BCUT2D eigenvalue weighted by Crippen LogP contribution is -2.31. The highest BCUT2D eigenvalue weighted by Gasteiger charge is 2.30. The summed E-state index contributed by atoms with van der Waals surface area (Å²) in [5.74, 6) is -0.141. The second kappa shape index (κ2) is 7.51. The highest BCUT2D eigenvalue weighted by molar-refractivity contribution is 7.93. The van der Waals surface area contributed by atoms with Crippen molar-refractivity contribution in [2.45, 2.75) is 29.2 Å². The largest absolute Gasteiger partial charge is 0.354 e. The standard InChI is InChI=1S/C15H18N2O3S2/c1-2-5-14(18)17-11-13(12-6-3-8-16-10-12)22(19,20)15-7-4-9-21-15/h3-4,6-10,13H,2,5,11H2,1H3,(H,17,18)/t13-/m1/s1. The summed E-state index contributed by atoms with van der Waals surface area (Å²) in [6, 6.07) is 6.69. The van der Waals surface area contributed by atoms with E-state index in [9.17, 15) is 13.2 Å². The van der Waals surface area contributed by atoms with E-state index in [-0.39, 0.29) is 12.5 Å². The van der Waals surface area contributed by atoms with Crippen LogP contribution in [-0.2, 0) is 14.6 Å². The number of amides is 1. The number of carbonyl (C=O) groups is 1. The van der Waals surface area contributed by atoms with E-state index in [1.807, 2.05) is 6.92 Å². The Morgan fingerprint density at radius 1 is 1.36 bits per heavy atom. The molecule has 0 saturated heterocycles. The summed E-state index contributed by atoms with van der Waals surface area (Å²) in [5.41, 5.74) is 0.577. The molecule has 1 atom stereocenters. The number of carbonyl (C=O) groups excluding carboxylic acids is 1. The molecular weight excluding hydrogens is 320 g/mol. The van der Waals surface area contributed by atoms with Gasteiger partial charge in [-0.2, -0.15) is 0 Å². The van der Waals surface area contributed by atoms with Crippen LogP contribution in [0.5, 0.6) is 0 Å². The molecule has 2 aromatic rings. The van der Waals surface area contributed by atoms with Crippen molar-refractivity contribution in [2.75, 3.05) is 6.54 Å². The SMILES string of the molecule is CCCC(=O)NC[C@H](c1cccnc1)S(=O)(=O)c1cccs1. The van der Waals surface area contributed by atoms with Crippen molar-refractivity contribution in [1.82, 2.24) is 10.3 Å². The van der Waals surface area contributed by atoms with Gasteiger partial charge in [0.05, 0.1) is 0 Å². The zero-order valence-electron chi connectivity index (χ0n) is 12.2. The molecule has 1 amide bonds. The molecule has 2 rings (SSSR count). The van der Waals surface area contributed by atoms with Gasteiger partial charge in [0.2, 0.25) is 5.91 Å². The predicted molar refractivity (Wildman–Crippen MR) is 86.4 cm³/mol. The number of pyridine rings is 1. The number of rotatable bonds is 7. The number of aromatic nitrogens is 1. The molecule has 1 N–H and O–H groups in total. The summed E-state index contributed by atoms with van der Waals surface area (Å²) in [4.78, 5) is 15.7. The molecule has 22 heavy (non-hydrogen) atoms. The molecule has 0 aliphatic heterocycles. The van der Waals surface area contributed by atoms with Gasteiger partial charge in [-0.3, -0.25) is 9.78 Å². The van der Waals surface area contributed by atoms with Crippen molar-refractivity contribution in [3.8, 4) is 0 Å². The van der Waals surface area contributed by atoms with Crippen LogP contribution in [0.1, 0.15) is 30.6 Å². The van der Waals surface area contributed by atoms with E-state index in [1.165, 1.54) is 17.5 Å². The van der Waals surface area contributed by atoms with Crippen molar-refractivity contribution >= 4 is 27.1 Å². The number of sulfone groups is 1. The zero-order valence-corrected chi connectivity index (χ0v) is 13.9. The Morgan fingerprint density at radius 2 is 2.18 bits per heavy atom. The Hall–Kier alpha value is -1.73. The monoisotopic (exact) mass is 338 g/mol. The van der Waals surface area contributed by atoms with Gasteiger partial charge in [-0.05, 0) is 29.5 Å².